The lowest BCUT2D eigenvalue weighted by molar-refractivity contribution is 0.107. The number of pyridine rings is 1. The number of anilines is 2. The number of hydrogen-bond acceptors (Lipinski definition) is 8. The van der Waals surface area contributed by atoms with Crippen molar-refractivity contribution in [3.63, 3.8) is 0 Å². The van der Waals surface area contributed by atoms with Gasteiger partial charge in [0, 0.05) is 49.1 Å². The fourth-order valence-corrected chi connectivity index (χ4v) is 8.03. The van der Waals surface area contributed by atoms with Crippen molar-refractivity contribution in [2.75, 3.05) is 43.4 Å². The molecule has 4 atom stereocenters. The van der Waals surface area contributed by atoms with E-state index >= 15 is 4.39 Å². The molecule has 0 unspecified atom stereocenters. The monoisotopic (exact) mass is 561 g/mol. The number of halogens is 2. The first-order chi connectivity index (χ1) is 19.9. The molecule has 4 saturated heterocycles. The lowest BCUT2D eigenvalue weighted by atomic mass is 9.95. The first-order valence-corrected chi connectivity index (χ1v) is 15.2. The Morgan fingerprint density at radius 3 is 2.68 bits per heavy atom. The number of fused-ring (bicyclic) bond motifs is 4. The Morgan fingerprint density at radius 2 is 1.90 bits per heavy atom. The van der Waals surface area contributed by atoms with Crippen LogP contribution in [0.25, 0.3) is 22.2 Å². The summed E-state index contributed by atoms with van der Waals surface area (Å²) in [7, 11) is 0. The van der Waals surface area contributed by atoms with E-state index in [4.69, 9.17) is 15.5 Å². The number of benzene rings is 1. The highest BCUT2D eigenvalue weighted by Gasteiger charge is 2.49. The summed E-state index contributed by atoms with van der Waals surface area (Å²) in [5.74, 6) is 1.03. The number of aryl methyl sites for hydroxylation is 1. The van der Waals surface area contributed by atoms with Gasteiger partial charge in [0.1, 0.15) is 29.9 Å². The molecule has 1 aromatic carbocycles. The molecule has 216 valence electrons. The summed E-state index contributed by atoms with van der Waals surface area (Å²) in [6.07, 6.45) is 5.91. The van der Waals surface area contributed by atoms with Crippen LogP contribution in [0, 0.1) is 12.7 Å². The van der Waals surface area contributed by atoms with Crippen molar-refractivity contribution < 1.29 is 13.5 Å². The number of hydrogen-bond donors (Lipinski definition) is 2. The van der Waals surface area contributed by atoms with Gasteiger partial charge in [-0.3, -0.25) is 4.90 Å². The molecular weight excluding hydrogens is 524 g/mol. The molecule has 0 spiro atoms. The number of piperazine rings is 1. The van der Waals surface area contributed by atoms with E-state index in [1.165, 1.54) is 0 Å². The summed E-state index contributed by atoms with van der Waals surface area (Å²) >= 11 is 0. The van der Waals surface area contributed by atoms with Crippen LogP contribution in [-0.2, 0) is 0 Å². The first-order valence-electron chi connectivity index (χ1n) is 15.2. The lowest BCUT2D eigenvalue weighted by Crippen LogP contribution is -2.51. The molecule has 3 aromatic rings. The van der Waals surface area contributed by atoms with E-state index in [0.717, 1.165) is 69.3 Å². The topological polar surface area (TPSA) is 92.4 Å². The van der Waals surface area contributed by atoms with E-state index < -0.39 is 12.0 Å². The molecule has 8 nitrogen and oxygen atoms in total. The summed E-state index contributed by atoms with van der Waals surface area (Å²) in [6.45, 7) is 5.25. The van der Waals surface area contributed by atoms with Gasteiger partial charge in [-0.05, 0) is 87.2 Å². The third-order valence-corrected chi connectivity index (χ3v) is 10.0. The molecule has 1 saturated carbocycles. The van der Waals surface area contributed by atoms with Gasteiger partial charge in [0.25, 0.3) is 0 Å². The van der Waals surface area contributed by atoms with Crippen molar-refractivity contribution in [1.82, 2.24) is 25.2 Å². The van der Waals surface area contributed by atoms with Crippen molar-refractivity contribution >= 4 is 22.5 Å². The number of nitrogens with one attached hydrogen (secondary N) is 1. The highest BCUT2D eigenvalue weighted by Crippen LogP contribution is 2.47. The number of nitrogens with two attached hydrogens (primary N) is 1. The van der Waals surface area contributed by atoms with Gasteiger partial charge in [-0.25, -0.2) is 13.8 Å². The number of alkyl halides is 1. The van der Waals surface area contributed by atoms with Crippen molar-refractivity contribution in [3.05, 3.63) is 35.1 Å². The molecule has 41 heavy (non-hydrogen) atoms. The third-order valence-electron chi connectivity index (χ3n) is 10.0. The molecule has 5 aliphatic rings. The Labute approximate surface area is 238 Å². The van der Waals surface area contributed by atoms with E-state index in [2.05, 4.69) is 25.1 Å². The van der Waals surface area contributed by atoms with E-state index in [1.807, 2.05) is 25.1 Å². The smallest absolute Gasteiger partial charge is 0.319 e. The SMILES string of the molecule is Cc1cc(N)nc(-c2ccc3c(N4C[C@H]5CC[C@@H](C4)N5)nc(OC[C@@]45CCCN4C[C@H](F)C5)nc3c2F)c1C1CC1. The minimum absolute atomic E-state index is 0.150. The minimum atomic E-state index is -0.849. The minimum Gasteiger partial charge on any atom is -0.461 e. The van der Waals surface area contributed by atoms with Crippen LogP contribution in [0.3, 0.4) is 0 Å². The maximum atomic E-state index is 16.7. The van der Waals surface area contributed by atoms with E-state index in [-0.39, 0.29) is 17.1 Å². The molecule has 0 amide bonds. The van der Waals surface area contributed by atoms with E-state index in [0.29, 0.717) is 65.9 Å². The Morgan fingerprint density at radius 1 is 1.10 bits per heavy atom. The molecule has 10 heteroatoms. The summed E-state index contributed by atoms with van der Waals surface area (Å²) in [4.78, 5) is 18.7. The van der Waals surface area contributed by atoms with Crippen molar-refractivity contribution in [1.29, 1.82) is 0 Å². The van der Waals surface area contributed by atoms with E-state index in [9.17, 15) is 4.39 Å². The highest BCUT2D eigenvalue weighted by atomic mass is 19.1. The summed E-state index contributed by atoms with van der Waals surface area (Å²) in [5.41, 5.74) is 9.17. The Bertz CT molecular complexity index is 1520. The van der Waals surface area contributed by atoms with Gasteiger partial charge in [0.15, 0.2) is 5.82 Å². The second-order valence-electron chi connectivity index (χ2n) is 13.0. The summed E-state index contributed by atoms with van der Waals surface area (Å²) in [6, 6.07) is 6.53. The molecule has 4 aliphatic heterocycles. The second-order valence-corrected chi connectivity index (χ2v) is 13.0. The molecule has 5 fully saturated rings. The van der Waals surface area contributed by atoms with Crippen molar-refractivity contribution in [2.24, 2.45) is 0 Å². The van der Waals surface area contributed by atoms with Gasteiger partial charge < -0.3 is 20.7 Å². The number of rotatable bonds is 6. The third kappa shape index (κ3) is 4.33. The quantitative estimate of drug-likeness (QED) is 0.455. The van der Waals surface area contributed by atoms with Crippen LogP contribution in [0.4, 0.5) is 20.4 Å². The molecule has 2 bridgehead atoms. The number of aromatic nitrogens is 3. The molecule has 0 radical (unpaired) electrons. The van der Waals surface area contributed by atoms with Crippen LogP contribution < -0.4 is 20.7 Å². The Hall–Kier alpha value is -3.11. The van der Waals surface area contributed by atoms with Gasteiger partial charge >= 0.3 is 6.01 Å². The zero-order valence-corrected chi connectivity index (χ0v) is 23.5. The average molecular weight is 562 g/mol. The van der Waals surface area contributed by atoms with Crippen LogP contribution >= 0.6 is 0 Å². The fraction of sp³-hybridized carbons (Fsp3) is 0.581. The molecule has 1 aliphatic carbocycles. The van der Waals surface area contributed by atoms with Gasteiger partial charge in [0.2, 0.25) is 0 Å². The predicted octanol–water partition coefficient (Wildman–Crippen LogP) is 4.49. The standard InChI is InChI=1S/C31H37F2N7O/c1-17-11-24(34)36-27(25(17)18-3-4-18)22-7-8-23-28(26(22)33)37-30(38-29(23)39-14-20-5-6-21(15-39)35-20)41-16-31-9-2-10-40(31)13-19(32)12-31/h7-8,11,18-21,35H,2-6,9-10,12-16H2,1H3,(H2,34,36)/t19-,20-,21+,31+/m1/s1. The van der Waals surface area contributed by atoms with Gasteiger partial charge in [-0.2, -0.15) is 9.97 Å². The Balaban J connectivity index is 1.23. The zero-order chi connectivity index (χ0) is 27.9. The van der Waals surface area contributed by atoms with Crippen LogP contribution in [0.15, 0.2) is 18.2 Å². The van der Waals surface area contributed by atoms with Gasteiger partial charge in [-0.1, -0.05) is 0 Å². The number of nitrogen functional groups attached to an aromatic ring is 1. The normalized spacial score (nSPS) is 29.4. The van der Waals surface area contributed by atoms with Crippen LogP contribution in [0.1, 0.15) is 62.0 Å². The predicted molar refractivity (Wildman–Crippen MR) is 155 cm³/mol. The van der Waals surface area contributed by atoms with Crippen LogP contribution in [-0.4, -0.2) is 76.4 Å². The largest absolute Gasteiger partial charge is 0.461 e. The van der Waals surface area contributed by atoms with E-state index in [1.54, 1.807) is 0 Å². The van der Waals surface area contributed by atoms with Gasteiger partial charge in [0.05, 0.1) is 11.2 Å². The lowest BCUT2D eigenvalue weighted by Gasteiger charge is -2.34. The number of ether oxygens (including phenoxy) is 1. The maximum absolute atomic E-state index is 16.7. The zero-order valence-electron chi connectivity index (χ0n) is 23.5. The van der Waals surface area contributed by atoms with Gasteiger partial charge in [-0.15, -0.1) is 0 Å². The van der Waals surface area contributed by atoms with Crippen molar-refractivity contribution in [2.45, 2.75) is 81.6 Å². The Kier molecular flexibility index (Phi) is 5.90. The van der Waals surface area contributed by atoms with Crippen LogP contribution in [0.2, 0.25) is 0 Å². The molecule has 6 heterocycles. The van der Waals surface area contributed by atoms with Crippen LogP contribution in [0.5, 0.6) is 6.01 Å². The number of nitrogens with zero attached hydrogens (tertiary/aromatic N) is 5. The van der Waals surface area contributed by atoms with Crippen molar-refractivity contribution in [3.8, 4) is 17.3 Å². The summed E-state index contributed by atoms with van der Waals surface area (Å²) in [5, 5.41) is 4.33. The highest BCUT2D eigenvalue weighted by molar-refractivity contribution is 5.94. The molecular formula is C31H37F2N7O. The first kappa shape index (κ1) is 25.6. The average Bonchev–Trinajstić information content (AvgIpc) is 3.52. The fourth-order valence-electron chi connectivity index (χ4n) is 8.03. The summed E-state index contributed by atoms with van der Waals surface area (Å²) < 4.78 is 37.4. The maximum Gasteiger partial charge on any atom is 0.319 e. The molecule has 2 aromatic heterocycles. The second kappa shape index (κ2) is 9.46. The molecule has 8 rings (SSSR count). The molecule has 3 N–H and O–H groups in total.